The second kappa shape index (κ2) is 5.25. The van der Waals surface area contributed by atoms with Gasteiger partial charge in [0.2, 0.25) is 0 Å². The van der Waals surface area contributed by atoms with Crippen LogP contribution < -0.4 is 0 Å². The summed E-state index contributed by atoms with van der Waals surface area (Å²) < 4.78 is 26.8. The first kappa shape index (κ1) is 14.8. The minimum absolute atomic E-state index is 0.0732. The fraction of sp³-hybridized carbons (Fsp3) is 0.400. The number of carbonyl (C=O) groups excluding carboxylic acids is 1. The Morgan fingerprint density at radius 2 is 1.86 bits per heavy atom. The lowest BCUT2D eigenvalue weighted by molar-refractivity contribution is -0.123. The molecule has 0 amide bonds. The van der Waals surface area contributed by atoms with E-state index in [0.29, 0.717) is 12.8 Å². The van der Waals surface area contributed by atoms with Gasteiger partial charge in [-0.25, -0.2) is 8.42 Å². The minimum Gasteiger partial charge on any atom is -0.298 e. The molecule has 0 saturated heterocycles. The molecule has 3 rings (SSSR count). The van der Waals surface area contributed by atoms with Crippen LogP contribution in [0.4, 0.5) is 0 Å². The van der Waals surface area contributed by atoms with Crippen molar-refractivity contribution in [3.8, 4) is 0 Å². The van der Waals surface area contributed by atoms with Crippen LogP contribution in [0.15, 0.2) is 41.4 Å². The van der Waals surface area contributed by atoms with Crippen LogP contribution in [-0.4, -0.2) is 29.4 Å². The number of alkyl halides is 1. The average Bonchev–Trinajstić information content (AvgIpc) is 2.89. The Labute approximate surface area is 133 Å². The lowest BCUT2D eigenvalue weighted by Crippen LogP contribution is -2.44. The molecule has 3 unspecified atom stereocenters. The third-order valence-corrected chi connectivity index (χ3v) is 6.86. The number of hydrogen-bond acceptors (Lipinski definition) is 3. The Hall–Kier alpha value is -1.14. The van der Waals surface area contributed by atoms with E-state index in [2.05, 4.69) is 15.9 Å². The van der Waals surface area contributed by atoms with Gasteiger partial charge in [0, 0.05) is 6.20 Å². The fourth-order valence-electron chi connectivity index (χ4n) is 2.92. The van der Waals surface area contributed by atoms with Gasteiger partial charge in [-0.2, -0.15) is 0 Å². The Morgan fingerprint density at radius 3 is 2.52 bits per heavy atom. The first-order valence-corrected chi connectivity index (χ1v) is 9.23. The maximum absolute atomic E-state index is 12.7. The van der Waals surface area contributed by atoms with Crippen LogP contribution in [-0.2, 0) is 14.8 Å². The molecule has 0 bridgehead atoms. The predicted molar refractivity (Wildman–Crippen MR) is 83.6 cm³/mol. The zero-order chi connectivity index (χ0) is 15.2. The molecule has 1 aromatic rings. The quantitative estimate of drug-likeness (QED) is 0.752. The molecule has 0 N–H and O–H groups in total. The van der Waals surface area contributed by atoms with Crippen LogP contribution >= 0.6 is 15.9 Å². The Morgan fingerprint density at radius 1 is 1.19 bits per heavy atom. The zero-order valence-corrected chi connectivity index (χ0v) is 14.0. The predicted octanol–water partition coefficient (Wildman–Crippen LogP) is 2.62. The first-order chi connectivity index (χ1) is 9.91. The van der Waals surface area contributed by atoms with E-state index in [0.717, 1.165) is 5.56 Å². The summed E-state index contributed by atoms with van der Waals surface area (Å²) in [6, 6.07) is 6.51. The highest BCUT2D eigenvalue weighted by molar-refractivity contribution is 9.10. The highest BCUT2D eigenvalue weighted by atomic mass is 79.9. The van der Waals surface area contributed by atoms with Gasteiger partial charge < -0.3 is 0 Å². The highest BCUT2D eigenvalue weighted by Crippen LogP contribution is 2.37. The van der Waals surface area contributed by atoms with Crippen molar-refractivity contribution < 1.29 is 13.2 Å². The van der Waals surface area contributed by atoms with Crippen LogP contribution in [0.25, 0.3) is 0 Å². The molecule has 2 aliphatic rings. The summed E-state index contributed by atoms with van der Waals surface area (Å²) in [5.41, 5.74) is 1.01. The van der Waals surface area contributed by atoms with Crippen LogP contribution in [0.3, 0.4) is 0 Å². The number of carbonyl (C=O) groups is 1. The van der Waals surface area contributed by atoms with Crippen molar-refractivity contribution in [1.29, 1.82) is 0 Å². The number of aryl methyl sites for hydroxylation is 1. The molecule has 1 aliphatic carbocycles. The van der Waals surface area contributed by atoms with Gasteiger partial charge in [0.05, 0.1) is 21.7 Å². The molecular weight excluding hydrogens is 354 g/mol. The third kappa shape index (κ3) is 2.44. The van der Waals surface area contributed by atoms with Gasteiger partial charge in [-0.15, -0.1) is 0 Å². The van der Waals surface area contributed by atoms with E-state index in [-0.39, 0.29) is 27.5 Å². The molecule has 6 heteroatoms. The molecule has 1 aromatic carbocycles. The average molecular weight is 370 g/mol. The van der Waals surface area contributed by atoms with Crippen molar-refractivity contribution in [2.45, 2.75) is 35.5 Å². The number of rotatable bonds is 2. The molecule has 3 atom stereocenters. The highest BCUT2D eigenvalue weighted by Gasteiger charge is 2.44. The standard InChI is InChI=1S/C15H16BrNO3S/c1-10-2-4-11(5-3-10)21(19,20)17-9-8-12-14(17)7-6-13(16)15(12)18/h2-5,8-9,12-14H,6-7H2,1H3. The van der Waals surface area contributed by atoms with E-state index in [1.807, 2.05) is 6.92 Å². The molecule has 1 aliphatic heterocycles. The van der Waals surface area contributed by atoms with Gasteiger partial charge in [-0.1, -0.05) is 39.7 Å². The van der Waals surface area contributed by atoms with Gasteiger partial charge in [0.1, 0.15) is 0 Å². The molecular formula is C15H16BrNO3S. The molecule has 1 saturated carbocycles. The van der Waals surface area contributed by atoms with Gasteiger partial charge in [-0.05, 0) is 31.9 Å². The Kier molecular flexibility index (Phi) is 3.69. The molecule has 1 heterocycles. The molecule has 4 nitrogen and oxygen atoms in total. The van der Waals surface area contributed by atoms with E-state index in [4.69, 9.17) is 0 Å². The summed E-state index contributed by atoms with van der Waals surface area (Å²) in [5, 5.41) is 0. The minimum atomic E-state index is -3.59. The lowest BCUT2D eigenvalue weighted by atomic mass is 9.85. The second-order valence-electron chi connectivity index (χ2n) is 5.53. The summed E-state index contributed by atoms with van der Waals surface area (Å²) in [6.45, 7) is 1.91. The summed E-state index contributed by atoms with van der Waals surface area (Å²) in [4.78, 5) is 12.2. The number of halogens is 1. The molecule has 0 radical (unpaired) electrons. The van der Waals surface area contributed by atoms with E-state index in [1.54, 1.807) is 36.5 Å². The second-order valence-corrected chi connectivity index (χ2v) is 8.48. The van der Waals surface area contributed by atoms with Gasteiger partial charge in [-0.3, -0.25) is 9.10 Å². The first-order valence-electron chi connectivity index (χ1n) is 6.87. The van der Waals surface area contributed by atoms with Crippen LogP contribution in [0.2, 0.25) is 0 Å². The zero-order valence-electron chi connectivity index (χ0n) is 11.6. The number of Topliss-reactive ketones (excluding diaryl/α,β-unsaturated/α-hetero) is 1. The van der Waals surface area contributed by atoms with Crippen molar-refractivity contribution in [2.75, 3.05) is 0 Å². The maximum atomic E-state index is 12.7. The van der Waals surface area contributed by atoms with Crippen LogP contribution in [0.1, 0.15) is 18.4 Å². The lowest BCUT2D eigenvalue weighted by Gasteiger charge is -2.33. The normalized spacial score (nSPS) is 28.8. The number of fused-ring (bicyclic) bond motifs is 1. The van der Waals surface area contributed by atoms with Crippen molar-refractivity contribution in [2.24, 2.45) is 5.92 Å². The number of benzene rings is 1. The van der Waals surface area contributed by atoms with Crippen molar-refractivity contribution in [3.63, 3.8) is 0 Å². The summed E-state index contributed by atoms with van der Waals surface area (Å²) in [5.74, 6) is -0.257. The summed E-state index contributed by atoms with van der Waals surface area (Å²) in [6.07, 6.45) is 4.62. The van der Waals surface area contributed by atoms with E-state index >= 15 is 0 Å². The molecule has 21 heavy (non-hydrogen) atoms. The van der Waals surface area contributed by atoms with Crippen LogP contribution in [0.5, 0.6) is 0 Å². The monoisotopic (exact) mass is 369 g/mol. The number of sulfonamides is 1. The van der Waals surface area contributed by atoms with Gasteiger partial charge in [0.25, 0.3) is 10.0 Å². The van der Waals surface area contributed by atoms with Gasteiger partial charge >= 0.3 is 0 Å². The maximum Gasteiger partial charge on any atom is 0.264 e. The third-order valence-electron chi connectivity index (χ3n) is 4.13. The Bertz CT molecular complexity index is 696. The fourth-order valence-corrected chi connectivity index (χ4v) is 5.04. The largest absolute Gasteiger partial charge is 0.298 e. The Balaban J connectivity index is 1.93. The van der Waals surface area contributed by atoms with Crippen molar-refractivity contribution >= 4 is 31.7 Å². The van der Waals surface area contributed by atoms with E-state index in [1.165, 1.54) is 4.31 Å². The summed E-state index contributed by atoms with van der Waals surface area (Å²) in [7, 11) is -3.59. The van der Waals surface area contributed by atoms with E-state index in [9.17, 15) is 13.2 Å². The number of hydrogen-bond donors (Lipinski definition) is 0. The SMILES string of the molecule is Cc1ccc(S(=O)(=O)N2C=CC3C(=O)C(Br)CCC32)cc1. The van der Waals surface area contributed by atoms with Crippen molar-refractivity contribution in [3.05, 3.63) is 42.1 Å². The molecule has 0 aromatic heterocycles. The van der Waals surface area contributed by atoms with Crippen LogP contribution in [0, 0.1) is 12.8 Å². The van der Waals surface area contributed by atoms with Crippen molar-refractivity contribution in [1.82, 2.24) is 4.31 Å². The van der Waals surface area contributed by atoms with Gasteiger partial charge in [0.15, 0.2) is 5.78 Å². The molecule has 112 valence electrons. The number of nitrogens with zero attached hydrogens (tertiary/aromatic N) is 1. The summed E-state index contributed by atoms with van der Waals surface area (Å²) >= 11 is 3.36. The topological polar surface area (TPSA) is 54.5 Å². The number of ketones is 1. The smallest absolute Gasteiger partial charge is 0.264 e. The molecule has 0 spiro atoms. The molecule has 1 fully saturated rings. The van der Waals surface area contributed by atoms with E-state index < -0.39 is 10.0 Å².